The van der Waals surface area contributed by atoms with Gasteiger partial charge in [0.05, 0.1) is 11.1 Å². The van der Waals surface area contributed by atoms with Gasteiger partial charge in [-0.1, -0.05) is 24.6 Å². The Hall–Kier alpha value is -0.160. The van der Waals surface area contributed by atoms with Crippen LogP contribution in [0.4, 0.5) is 4.39 Å². The van der Waals surface area contributed by atoms with Gasteiger partial charge in [-0.15, -0.1) is 0 Å². The number of nitrogens with zero attached hydrogens (tertiary/aromatic N) is 1. The molecule has 0 bridgehead atoms. The fourth-order valence-electron chi connectivity index (χ4n) is 2.34. The Morgan fingerprint density at radius 2 is 2.05 bits per heavy atom. The molecule has 0 aliphatic heterocycles. The third-order valence-electron chi connectivity index (χ3n) is 4.02. The number of likely N-dealkylation sites (N-methyl/N-ethyl adjacent to an activating group) is 2. The molecule has 108 valence electrons. The van der Waals surface area contributed by atoms with Gasteiger partial charge >= 0.3 is 0 Å². The van der Waals surface area contributed by atoms with E-state index in [-0.39, 0.29) is 22.4 Å². The first-order chi connectivity index (χ1) is 8.79. The Bertz CT molecular complexity index is 453. The van der Waals surface area contributed by atoms with Crippen molar-refractivity contribution in [1.82, 2.24) is 10.2 Å². The van der Waals surface area contributed by atoms with Crippen LogP contribution in [0.5, 0.6) is 0 Å². The van der Waals surface area contributed by atoms with Gasteiger partial charge in [-0.25, -0.2) is 4.39 Å². The summed E-state index contributed by atoms with van der Waals surface area (Å²) in [6.07, 6.45) is 0.888. The number of hydrogen-bond donors (Lipinski definition) is 1. The molecule has 0 aliphatic rings. The molecule has 0 radical (unpaired) electrons. The van der Waals surface area contributed by atoms with Crippen LogP contribution in [-0.2, 0) is 0 Å². The molecule has 0 amide bonds. The molecule has 0 saturated heterocycles. The van der Waals surface area contributed by atoms with Crippen LogP contribution in [0.1, 0.15) is 31.9 Å². The summed E-state index contributed by atoms with van der Waals surface area (Å²) < 4.78 is 15.0. The first-order valence-electron chi connectivity index (χ1n) is 6.27. The molecule has 0 aliphatic carbocycles. The van der Waals surface area contributed by atoms with Crippen LogP contribution in [-0.4, -0.2) is 31.6 Å². The highest BCUT2D eigenvalue weighted by molar-refractivity contribution is 9.10. The van der Waals surface area contributed by atoms with Crippen molar-refractivity contribution in [3.8, 4) is 0 Å². The minimum absolute atomic E-state index is 0.134. The van der Waals surface area contributed by atoms with E-state index >= 15 is 0 Å². The fraction of sp³-hybridized carbons (Fsp3) is 0.571. The summed E-state index contributed by atoms with van der Waals surface area (Å²) in [5, 5.41) is 3.36. The Kier molecular flexibility index (Phi) is 5.80. The standard InChI is InChI=1S/C14H21BrClFN2/c1-6-14(2,19(4)5)13(18-3)9-7-8-10(15)11(16)12(9)17/h7-8,13,18H,6H2,1-5H3. The molecule has 5 heteroatoms. The number of benzene rings is 1. The van der Waals surface area contributed by atoms with E-state index in [1.165, 1.54) is 0 Å². The second-order valence-corrected chi connectivity index (χ2v) is 6.32. The van der Waals surface area contributed by atoms with Crippen LogP contribution in [0.15, 0.2) is 16.6 Å². The van der Waals surface area contributed by atoms with Gasteiger partial charge in [0.15, 0.2) is 0 Å². The van der Waals surface area contributed by atoms with E-state index in [0.29, 0.717) is 10.0 Å². The number of rotatable bonds is 5. The SMILES string of the molecule is CCC(C)(C(NC)c1ccc(Br)c(Cl)c1F)N(C)C. The van der Waals surface area contributed by atoms with E-state index < -0.39 is 0 Å². The average Bonchev–Trinajstić information content (AvgIpc) is 2.38. The highest BCUT2D eigenvalue weighted by Gasteiger charge is 2.36. The van der Waals surface area contributed by atoms with Crippen molar-refractivity contribution in [1.29, 1.82) is 0 Å². The molecular formula is C14H21BrClFN2. The molecule has 1 rings (SSSR count). The van der Waals surface area contributed by atoms with E-state index in [0.717, 1.165) is 6.42 Å². The van der Waals surface area contributed by atoms with Crippen LogP contribution >= 0.6 is 27.5 Å². The minimum atomic E-state index is -0.364. The van der Waals surface area contributed by atoms with Crippen LogP contribution in [0.2, 0.25) is 5.02 Å². The van der Waals surface area contributed by atoms with Crippen molar-refractivity contribution in [2.24, 2.45) is 0 Å². The summed E-state index contributed by atoms with van der Waals surface area (Å²) in [5.41, 5.74) is 0.390. The van der Waals surface area contributed by atoms with Gasteiger partial charge in [0.1, 0.15) is 5.82 Å². The zero-order valence-electron chi connectivity index (χ0n) is 12.0. The van der Waals surface area contributed by atoms with E-state index in [2.05, 4.69) is 40.0 Å². The summed E-state index contributed by atoms with van der Waals surface area (Å²) in [6, 6.07) is 3.43. The van der Waals surface area contributed by atoms with Crippen LogP contribution in [0, 0.1) is 5.82 Å². The average molecular weight is 352 g/mol. The van der Waals surface area contributed by atoms with Crippen molar-refractivity contribution in [3.05, 3.63) is 33.0 Å². The predicted octanol–water partition coefficient (Wildman–Crippen LogP) is 4.23. The zero-order chi connectivity index (χ0) is 14.8. The quantitative estimate of drug-likeness (QED) is 0.799. The first-order valence-corrected chi connectivity index (χ1v) is 7.44. The van der Waals surface area contributed by atoms with Crippen molar-refractivity contribution in [2.45, 2.75) is 31.8 Å². The smallest absolute Gasteiger partial charge is 0.147 e. The number of hydrogen-bond acceptors (Lipinski definition) is 2. The normalized spacial score (nSPS) is 16.5. The van der Waals surface area contributed by atoms with Crippen LogP contribution in [0.3, 0.4) is 0 Å². The first kappa shape index (κ1) is 16.9. The van der Waals surface area contributed by atoms with E-state index in [4.69, 9.17) is 11.6 Å². The molecule has 0 fully saturated rings. The maximum atomic E-state index is 14.4. The Balaban J connectivity index is 3.36. The van der Waals surface area contributed by atoms with Crippen molar-refractivity contribution in [2.75, 3.05) is 21.1 Å². The van der Waals surface area contributed by atoms with Gasteiger partial charge in [0, 0.05) is 15.6 Å². The maximum Gasteiger partial charge on any atom is 0.147 e. The van der Waals surface area contributed by atoms with Crippen LogP contribution < -0.4 is 5.32 Å². The minimum Gasteiger partial charge on any atom is -0.311 e. The lowest BCUT2D eigenvalue weighted by atomic mass is 9.83. The highest BCUT2D eigenvalue weighted by atomic mass is 79.9. The van der Waals surface area contributed by atoms with Gasteiger partial charge in [0.2, 0.25) is 0 Å². The topological polar surface area (TPSA) is 15.3 Å². The molecule has 0 spiro atoms. The second kappa shape index (κ2) is 6.53. The highest BCUT2D eigenvalue weighted by Crippen LogP contribution is 2.37. The molecule has 2 atom stereocenters. The third kappa shape index (κ3) is 3.13. The molecule has 1 N–H and O–H groups in total. The lowest BCUT2D eigenvalue weighted by Gasteiger charge is -2.43. The molecule has 0 aromatic heterocycles. The van der Waals surface area contributed by atoms with Gasteiger partial charge in [-0.2, -0.15) is 0 Å². The zero-order valence-corrected chi connectivity index (χ0v) is 14.4. The molecule has 0 saturated carbocycles. The van der Waals surface area contributed by atoms with Gasteiger partial charge in [0.25, 0.3) is 0 Å². The molecule has 2 unspecified atom stereocenters. The number of halogens is 3. The number of nitrogens with one attached hydrogen (secondary N) is 1. The summed E-state index contributed by atoms with van der Waals surface area (Å²) in [7, 11) is 5.86. The summed E-state index contributed by atoms with van der Waals surface area (Å²) in [6.45, 7) is 4.21. The maximum absolute atomic E-state index is 14.4. The Morgan fingerprint density at radius 1 is 1.47 bits per heavy atom. The van der Waals surface area contributed by atoms with Gasteiger partial charge in [-0.05, 0) is 56.5 Å². The van der Waals surface area contributed by atoms with E-state index in [9.17, 15) is 4.39 Å². The van der Waals surface area contributed by atoms with Crippen molar-refractivity contribution < 1.29 is 4.39 Å². The molecule has 0 heterocycles. The largest absolute Gasteiger partial charge is 0.311 e. The molecule has 1 aromatic carbocycles. The van der Waals surface area contributed by atoms with Crippen molar-refractivity contribution >= 4 is 27.5 Å². The molecular weight excluding hydrogens is 331 g/mol. The Morgan fingerprint density at radius 3 is 2.47 bits per heavy atom. The van der Waals surface area contributed by atoms with Gasteiger partial charge in [-0.3, -0.25) is 0 Å². The summed E-state index contributed by atoms with van der Waals surface area (Å²) >= 11 is 9.24. The van der Waals surface area contributed by atoms with E-state index in [1.54, 1.807) is 12.1 Å². The lowest BCUT2D eigenvalue weighted by molar-refractivity contribution is 0.115. The summed E-state index contributed by atoms with van der Waals surface area (Å²) in [4.78, 5) is 2.11. The lowest BCUT2D eigenvalue weighted by Crippen LogP contribution is -2.50. The monoisotopic (exact) mass is 350 g/mol. The fourth-order valence-corrected chi connectivity index (χ4v) is 2.82. The van der Waals surface area contributed by atoms with Crippen LogP contribution in [0.25, 0.3) is 0 Å². The van der Waals surface area contributed by atoms with E-state index in [1.807, 2.05) is 21.1 Å². The predicted molar refractivity (Wildman–Crippen MR) is 83.3 cm³/mol. The second-order valence-electron chi connectivity index (χ2n) is 5.09. The molecule has 1 aromatic rings. The third-order valence-corrected chi connectivity index (χ3v) is 5.28. The van der Waals surface area contributed by atoms with Gasteiger partial charge < -0.3 is 10.2 Å². The Labute approximate surface area is 128 Å². The molecule has 19 heavy (non-hydrogen) atoms. The molecule has 2 nitrogen and oxygen atoms in total. The summed E-state index contributed by atoms with van der Waals surface area (Å²) in [5.74, 6) is -0.364. The van der Waals surface area contributed by atoms with Crippen molar-refractivity contribution in [3.63, 3.8) is 0 Å².